The first-order chi connectivity index (χ1) is 10.5. The molecule has 0 spiro atoms. The molecule has 2 rings (SSSR count). The van der Waals surface area contributed by atoms with Crippen molar-refractivity contribution in [1.29, 1.82) is 0 Å². The van der Waals surface area contributed by atoms with Gasteiger partial charge in [0.15, 0.2) is 18.9 Å². The van der Waals surface area contributed by atoms with Gasteiger partial charge in [0.2, 0.25) is 0 Å². The van der Waals surface area contributed by atoms with Gasteiger partial charge in [-0.05, 0) is 16.7 Å². The van der Waals surface area contributed by atoms with Crippen LogP contribution in [0.1, 0.15) is 11.1 Å². The van der Waals surface area contributed by atoms with Gasteiger partial charge in [-0.1, -0.05) is 36.4 Å². The third-order valence-corrected chi connectivity index (χ3v) is 3.77. The standard InChI is InChI=1S/C16H17NO4S/c18-11-10-17-8-6-15(7-9-17)16(13-22(19,20)21)12-14-4-2-1-3-5-14/h1-9,12,18H,10-11,13H2/p+1. The monoisotopic (exact) mass is 320 g/mol. The summed E-state index contributed by atoms with van der Waals surface area (Å²) in [6.07, 6.45) is 5.25. The Labute approximate surface area is 129 Å². The number of benzene rings is 1. The number of aromatic nitrogens is 1. The molecule has 1 aromatic carbocycles. The summed E-state index contributed by atoms with van der Waals surface area (Å²) in [4.78, 5) is 0. The highest BCUT2D eigenvalue weighted by Crippen LogP contribution is 2.19. The van der Waals surface area contributed by atoms with E-state index < -0.39 is 15.9 Å². The zero-order valence-corrected chi connectivity index (χ0v) is 12.8. The molecule has 116 valence electrons. The highest BCUT2D eigenvalue weighted by Gasteiger charge is 2.13. The van der Waals surface area contributed by atoms with Gasteiger partial charge >= 0.3 is 0 Å². The summed E-state index contributed by atoms with van der Waals surface area (Å²) < 4.78 is 33.5. The minimum atomic E-state index is -4.13. The Balaban J connectivity index is 2.38. The first-order valence-electron chi connectivity index (χ1n) is 6.79. The molecule has 0 bridgehead atoms. The summed E-state index contributed by atoms with van der Waals surface area (Å²) in [5.41, 5.74) is 2.06. The van der Waals surface area contributed by atoms with E-state index in [1.807, 2.05) is 30.3 Å². The zero-order chi connectivity index (χ0) is 16.0. The molecule has 0 radical (unpaired) electrons. The van der Waals surface area contributed by atoms with Crippen LogP contribution in [0.3, 0.4) is 0 Å². The van der Waals surface area contributed by atoms with Gasteiger partial charge < -0.3 is 5.11 Å². The van der Waals surface area contributed by atoms with Gasteiger partial charge in [0, 0.05) is 12.1 Å². The molecule has 0 aliphatic carbocycles. The molecule has 6 heteroatoms. The molecule has 0 saturated heterocycles. The zero-order valence-electron chi connectivity index (χ0n) is 12.0. The molecule has 0 atom stereocenters. The molecular formula is C16H18NO4S+. The van der Waals surface area contributed by atoms with E-state index in [1.165, 1.54) is 0 Å². The maximum absolute atomic E-state index is 11.3. The summed E-state index contributed by atoms with van der Waals surface area (Å²) in [5.74, 6) is -0.452. The maximum Gasteiger partial charge on any atom is 0.269 e. The Bertz CT molecular complexity index is 737. The van der Waals surface area contributed by atoms with E-state index in [1.54, 1.807) is 35.2 Å². The lowest BCUT2D eigenvalue weighted by Crippen LogP contribution is -2.34. The second-order valence-corrected chi connectivity index (χ2v) is 6.31. The fourth-order valence-corrected chi connectivity index (χ4v) is 2.73. The molecule has 0 aliphatic rings. The van der Waals surface area contributed by atoms with E-state index in [9.17, 15) is 8.42 Å². The second kappa shape index (κ2) is 7.31. The summed E-state index contributed by atoms with van der Waals surface area (Å²) in [7, 11) is -4.13. The molecule has 2 N–H and O–H groups in total. The molecule has 0 fully saturated rings. The Morgan fingerprint density at radius 2 is 1.73 bits per heavy atom. The first-order valence-corrected chi connectivity index (χ1v) is 8.40. The maximum atomic E-state index is 11.3. The number of aliphatic hydroxyl groups is 1. The van der Waals surface area contributed by atoms with E-state index in [2.05, 4.69) is 0 Å². The smallest absolute Gasteiger partial charge is 0.269 e. The molecule has 5 nitrogen and oxygen atoms in total. The summed E-state index contributed by atoms with van der Waals surface area (Å²) in [6, 6.07) is 12.8. The van der Waals surface area contributed by atoms with Crippen LogP contribution >= 0.6 is 0 Å². The van der Waals surface area contributed by atoms with Gasteiger partial charge in [-0.3, -0.25) is 4.55 Å². The van der Waals surface area contributed by atoms with Crippen molar-refractivity contribution >= 4 is 21.8 Å². The van der Waals surface area contributed by atoms with E-state index >= 15 is 0 Å². The fourth-order valence-electron chi connectivity index (χ4n) is 2.09. The highest BCUT2D eigenvalue weighted by atomic mass is 32.2. The Hall–Kier alpha value is -2.02. The molecule has 0 saturated carbocycles. The van der Waals surface area contributed by atoms with Crippen molar-refractivity contribution in [2.45, 2.75) is 6.54 Å². The lowest BCUT2D eigenvalue weighted by atomic mass is 10.1. The topological polar surface area (TPSA) is 78.5 Å². The quantitative estimate of drug-likeness (QED) is 0.623. The normalized spacial score (nSPS) is 12.4. The molecule has 1 heterocycles. The average molecular weight is 320 g/mol. The van der Waals surface area contributed by atoms with Gasteiger partial charge in [0.25, 0.3) is 10.1 Å². The van der Waals surface area contributed by atoms with Crippen LogP contribution in [0.4, 0.5) is 0 Å². The van der Waals surface area contributed by atoms with Crippen LogP contribution < -0.4 is 4.57 Å². The van der Waals surface area contributed by atoms with Gasteiger partial charge in [-0.25, -0.2) is 4.57 Å². The van der Waals surface area contributed by atoms with Crippen molar-refractivity contribution in [1.82, 2.24) is 0 Å². The summed E-state index contributed by atoms with van der Waals surface area (Å²) in [5, 5.41) is 8.90. The van der Waals surface area contributed by atoms with E-state index in [0.29, 0.717) is 17.7 Å². The minimum absolute atomic E-state index is 0.0295. The van der Waals surface area contributed by atoms with Crippen molar-refractivity contribution in [3.8, 4) is 0 Å². The SMILES string of the molecule is O=S(=O)(O)CC(=Cc1ccccc1)c1cc[n+](CCO)cc1. The third kappa shape index (κ3) is 5.07. The molecular weight excluding hydrogens is 302 g/mol. The number of aliphatic hydroxyl groups excluding tert-OH is 1. The second-order valence-electron chi connectivity index (χ2n) is 4.85. The molecule has 0 amide bonds. The van der Waals surface area contributed by atoms with Crippen LogP contribution in [-0.2, 0) is 16.7 Å². The number of hydrogen-bond donors (Lipinski definition) is 2. The van der Waals surface area contributed by atoms with Crippen molar-refractivity contribution in [2.24, 2.45) is 0 Å². The number of hydrogen-bond acceptors (Lipinski definition) is 3. The van der Waals surface area contributed by atoms with Crippen molar-refractivity contribution < 1.29 is 22.6 Å². The predicted octanol–water partition coefficient (Wildman–Crippen LogP) is 1.39. The van der Waals surface area contributed by atoms with Crippen LogP contribution in [0.5, 0.6) is 0 Å². The Morgan fingerprint density at radius 1 is 1.09 bits per heavy atom. The molecule has 0 aliphatic heterocycles. The van der Waals surface area contributed by atoms with Crippen molar-refractivity contribution in [3.63, 3.8) is 0 Å². The molecule has 2 aromatic rings. The van der Waals surface area contributed by atoms with Crippen LogP contribution in [0.15, 0.2) is 54.9 Å². The van der Waals surface area contributed by atoms with Crippen LogP contribution in [0, 0.1) is 0 Å². The summed E-state index contributed by atoms with van der Waals surface area (Å²) in [6.45, 7) is 0.498. The van der Waals surface area contributed by atoms with Gasteiger partial charge in [0.1, 0.15) is 12.4 Å². The first kappa shape index (κ1) is 16.4. The lowest BCUT2D eigenvalue weighted by Gasteiger charge is -2.06. The fraction of sp³-hybridized carbons (Fsp3) is 0.188. The number of rotatable bonds is 6. The van der Waals surface area contributed by atoms with E-state index in [4.69, 9.17) is 9.66 Å². The predicted molar refractivity (Wildman–Crippen MR) is 84.5 cm³/mol. The Morgan fingerprint density at radius 3 is 2.27 bits per heavy atom. The van der Waals surface area contributed by atoms with Crippen LogP contribution in [0.2, 0.25) is 0 Å². The Kier molecular flexibility index (Phi) is 5.43. The average Bonchev–Trinajstić information content (AvgIpc) is 2.47. The van der Waals surface area contributed by atoms with Crippen molar-refractivity contribution in [2.75, 3.05) is 12.4 Å². The van der Waals surface area contributed by atoms with Crippen molar-refractivity contribution in [3.05, 3.63) is 66.0 Å². The highest BCUT2D eigenvalue weighted by molar-refractivity contribution is 7.86. The number of nitrogens with zero attached hydrogens (tertiary/aromatic N) is 1. The van der Waals surface area contributed by atoms with E-state index in [0.717, 1.165) is 5.56 Å². The molecule has 22 heavy (non-hydrogen) atoms. The molecule has 1 aromatic heterocycles. The van der Waals surface area contributed by atoms with E-state index in [-0.39, 0.29) is 6.61 Å². The minimum Gasteiger partial charge on any atom is -0.390 e. The third-order valence-electron chi connectivity index (χ3n) is 3.10. The molecule has 0 unspecified atom stereocenters. The number of pyridine rings is 1. The van der Waals surface area contributed by atoms with Gasteiger partial charge in [-0.2, -0.15) is 8.42 Å². The largest absolute Gasteiger partial charge is 0.390 e. The van der Waals surface area contributed by atoms with Gasteiger partial charge in [-0.15, -0.1) is 0 Å². The lowest BCUT2D eigenvalue weighted by molar-refractivity contribution is -0.698. The van der Waals surface area contributed by atoms with Gasteiger partial charge in [0.05, 0.1) is 0 Å². The summed E-state index contributed by atoms with van der Waals surface area (Å²) >= 11 is 0. The van der Waals surface area contributed by atoms with Crippen LogP contribution in [0.25, 0.3) is 11.6 Å². The van der Waals surface area contributed by atoms with Crippen LogP contribution in [-0.4, -0.2) is 30.4 Å².